The molecular formula is C14H17F3O3S. The minimum Gasteiger partial charge on any atom is -0.376 e. The number of alkyl halides is 3. The molecule has 1 aliphatic carbocycles. The molecule has 1 aromatic carbocycles. The zero-order valence-electron chi connectivity index (χ0n) is 11.6. The molecule has 1 fully saturated rings. The molecule has 0 heterocycles. The number of benzene rings is 1. The van der Waals surface area contributed by atoms with Crippen LogP contribution in [0.5, 0.6) is 5.75 Å². The van der Waals surface area contributed by atoms with Crippen molar-refractivity contribution in [3.8, 4) is 5.75 Å². The van der Waals surface area contributed by atoms with Crippen LogP contribution in [0.25, 0.3) is 0 Å². The highest BCUT2D eigenvalue weighted by Gasteiger charge is 2.48. The van der Waals surface area contributed by atoms with E-state index < -0.39 is 15.6 Å². The topological polar surface area (TPSA) is 43.4 Å². The van der Waals surface area contributed by atoms with Crippen molar-refractivity contribution >= 4 is 10.1 Å². The van der Waals surface area contributed by atoms with Crippen LogP contribution in [0.4, 0.5) is 13.2 Å². The summed E-state index contributed by atoms with van der Waals surface area (Å²) < 4.78 is 62.5. The summed E-state index contributed by atoms with van der Waals surface area (Å²) in [6, 6.07) is 5.83. The van der Waals surface area contributed by atoms with Gasteiger partial charge in [0.1, 0.15) is 5.75 Å². The summed E-state index contributed by atoms with van der Waals surface area (Å²) >= 11 is 0. The van der Waals surface area contributed by atoms with E-state index in [9.17, 15) is 21.6 Å². The molecule has 118 valence electrons. The van der Waals surface area contributed by atoms with Gasteiger partial charge >= 0.3 is 15.6 Å². The van der Waals surface area contributed by atoms with Crippen molar-refractivity contribution in [1.82, 2.24) is 0 Å². The molecule has 0 unspecified atom stereocenters. The first kappa shape index (κ1) is 16.1. The molecule has 1 saturated carbocycles. The third-order valence-corrected chi connectivity index (χ3v) is 4.84. The van der Waals surface area contributed by atoms with Gasteiger partial charge in [0, 0.05) is 0 Å². The molecule has 7 heteroatoms. The molecule has 0 spiro atoms. The average Bonchev–Trinajstić information content (AvgIpc) is 2.39. The Hall–Kier alpha value is -1.24. The van der Waals surface area contributed by atoms with E-state index >= 15 is 0 Å². The summed E-state index contributed by atoms with van der Waals surface area (Å²) in [7, 11) is -5.60. The highest BCUT2D eigenvalue weighted by atomic mass is 32.2. The van der Waals surface area contributed by atoms with Crippen LogP contribution >= 0.6 is 0 Å². The first-order valence-corrected chi connectivity index (χ1v) is 8.20. The highest BCUT2D eigenvalue weighted by Crippen LogP contribution is 2.36. The molecule has 21 heavy (non-hydrogen) atoms. The molecule has 0 bridgehead atoms. The van der Waals surface area contributed by atoms with Gasteiger partial charge in [-0.2, -0.15) is 21.6 Å². The first-order chi connectivity index (χ1) is 9.69. The molecule has 0 aliphatic heterocycles. The maximum atomic E-state index is 12.2. The van der Waals surface area contributed by atoms with Crippen molar-refractivity contribution in [2.24, 2.45) is 5.92 Å². The summed E-state index contributed by atoms with van der Waals surface area (Å²) in [5.41, 5.74) is -4.40. The highest BCUT2D eigenvalue weighted by molar-refractivity contribution is 7.87. The smallest absolute Gasteiger partial charge is 0.376 e. The van der Waals surface area contributed by atoms with Crippen molar-refractivity contribution in [3.63, 3.8) is 0 Å². The summed E-state index contributed by atoms with van der Waals surface area (Å²) in [5, 5.41) is 0. The fourth-order valence-electron chi connectivity index (χ4n) is 2.56. The van der Waals surface area contributed by atoms with Crippen molar-refractivity contribution in [2.45, 2.75) is 44.0 Å². The lowest BCUT2D eigenvalue weighted by Gasteiger charge is -2.26. The molecule has 0 radical (unpaired) electrons. The molecular weight excluding hydrogens is 305 g/mol. The molecule has 3 nitrogen and oxygen atoms in total. The van der Waals surface area contributed by atoms with Crippen LogP contribution in [0, 0.1) is 5.92 Å². The summed E-state index contributed by atoms with van der Waals surface area (Å²) in [6.45, 7) is 2.20. The maximum Gasteiger partial charge on any atom is 0.534 e. The largest absolute Gasteiger partial charge is 0.534 e. The average molecular weight is 322 g/mol. The van der Waals surface area contributed by atoms with E-state index in [2.05, 4.69) is 11.1 Å². The lowest BCUT2D eigenvalue weighted by atomic mass is 9.79. The van der Waals surface area contributed by atoms with Gasteiger partial charge in [0.05, 0.1) is 0 Å². The van der Waals surface area contributed by atoms with Gasteiger partial charge in [-0.3, -0.25) is 0 Å². The van der Waals surface area contributed by atoms with Gasteiger partial charge in [-0.15, -0.1) is 0 Å². The lowest BCUT2D eigenvalue weighted by molar-refractivity contribution is -0.0500. The van der Waals surface area contributed by atoms with Gasteiger partial charge in [0.25, 0.3) is 0 Å². The van der Waals surface area contributed by atoms with Crippen LogP contribution in [0.3, 0.4) is 0 Å². The predicted octanol–water partition coefficient (Wildman–Crippen LogP) is 4.21. The van der Waals surface area contributed by atoms with E-state index in [4.69, 9.17) is 0 Å². The van der Waals surface area contributed by atoms with Gasteiger partial charge in [-0.05, 0) is 42.4 Å². The van der Waals surface area contributed by atoms with Gasteiger partial charge < -0.3 is 4.18 Å². The monoisotopic (exact) mass is 322 g/mol. The third-order valence-electron chi connectivity index (χ3n) is 3.86. The Balaban J connectivity index is 2.06. The molecule has 0 N–H and O–H groups in total. The Labute approximate surface area is 122 Å². The van der Waals surface area contributed by atoms with Crippen LogP contribution in [-0.4, -0.2) is 13.9 Å². The summed E-state index contributed by atoms with van der Waals surface area (Å²) in [4.78, 5) is 0. The van der Waals surface area contributed by atoms with Crippen molar-refractivity contribution in [1.29, 1.82) is 0 Å². The van der Waals surface area contributed by atoms with E-state index in [0.29, 0.717) is 11.8 Å². The fraction of sp³-hybridized carbons (Fsp3) is 0.571. The Morgan fingerprint density at radius 2 is 1.57 bits per heavy atom. The lowest BCUT2D eigenvalue weighted by Crippen LogP contribution is -2.28. The van der Waals surface area contributed by atoms with E-state index in [-0.39, 0.29) is 5.75 Å². The molecule has 2 rings (SSSR count). The molecule has 0 saturated heterocycles. The van der Waals surface area contributed by atoms with Crippen LogP contribution in [0.1, 0.15) is 44.1 Å². The molecule has 1 aliphatic rings. The Morgan fingerprint density at radius 3 is 2.05 bits per heavy atom. The van der Waals surface area contributed by atoms with Crippen LogP contribution in [-0.2, 0) is 10.1 Å². The van der Waals surface area contributed by atoms with Gasteiger partial charge in [0.15, 0.2) is 0 Å². The predicted molar refractivity (Wildman–Crippen MR) is 72.4 cm³/mol. The maximum absolute atomic E-state index is 12.2. The quantitative estimate of drug-likeness (QED) is 0.618. The van der Waals surface area contributed by atoms with E-state index in [1.54, 1.807) is 12.1 Å². The van der Waals surface area contributed by atoms with Crippen LogP contribution in [0.2, 0.25) is 0 Å². The van der Waals surface area contributed by atoms with Crippen molar-refractivity contribution < 1.29 is 25.8 Å². The zero-order valence-corrected chi connectivity index (χ0v) is 12.4. The Kier molecular flexibility index (Phi) is 4.51. The SMILES string of the molecule is CC1CCC(c2ccc(OS(=O)(=O)C(F)(F)F)cc2)CC1. The van der Waals surface area contributed by atoms with E-state index in [1.807, 2.05) is 0 Å². The third kappa shape index (κ3) is 3.90. The Morgan fingerprint density at radius 1 is 1.05 bits per heavy atom. The van der Waals surface area contributed by atoms with Gasteiger partial charge in [-0.25, -0.2) is 0 Å². The van der Waals surface area contributed by atoms with E-state index in [0.717, 1.165) is 31.2 Å². The van der Waals surface area contributed by atoms with Crippen LogP contribution in [0.15, 0.2) is 24.3 Å². The minimum absolute atomic E-state index is 0.319. The van der Waals surface area contributed by atoms with Gasteiger partial charge in [-0.1, -0.05) is 31.9 Å². The first-order valence-electron chi connectivity index (χ1n) is 6.80. The normalized spacial score (nSPS) is 23.8. The second kappa shape index (κ2) is 5.87. The fourth-order valence-corrected chi connectivity index (χ4v) is 3.02. The Bertz CT molecular complexity index is 570. The number of hydrogen-bond acceptors (Lipinski definition) is 3. The molecule has 0 atom stereocenters. The number of rotatable bonds is 3. The second-order valence-electron chi connectivity index (χ2n) is 5.51. The molecule has 1 aromatic rings. The van der Waals surface area contributed by atoms with E-state index in [1.165, 1.54) is 12.1 Å². The second-order valence-corrected chi connectivity index (χ2v) is 7.05. The summed E-state index contributed by atoms with van der Waals surface area (Å²) in [5.74, 6) is 0.774. The molecule has 0 amide bonds. The number of hydrogen-bond donors (Lipinski definition) is 0. The van der Waals surface area contributed by atoms with Crippen molar-refractivity contribution in [2.75, 3.05) is 0 Å². The van der Waals surface area contributed by atoms with Crippen LogP contribution < -0.4 is 4.18 Å². The molecule has 0 aromatic heterocycles. The van der Waals surface area contributed by atoms with Crippen molar-refractivity contribution in [3.05, 3.63) is 29.8 Å². The number of halogens is 3. The minimum atomic E-state index is -5.60. The van der Waals surface area contributed by atoms with Gasteiger partial charge in [0.2, 0.25) is 0 Å². The standard InChI is InChI=1S/C14H17F3O3S/c1-10-2-4-11(5-3-10)12-6-8-13(9-7-12)20-21(18,19)14(15,16)17/h6-11H,2-5H2,1H3. The summed E-state index contributed by atoms with van der Waals surface area (Å²) in [6.07, 6.45) is 4.35. The zero-order chi connectivity index (χ0) is 15.7.